The number of thioether (sulfide) groups is 1. The fourth-order valence-corrected chi connectivity index (χ4v) is 5.46. The van der Waals surface area contributed by atoms with Crippen LogP contribution in [0, 0.1) is 12.7 Å². The molecule has 4 rings (SSSR count). The van der Waals surface area contributed by atoms with Gasteiger partial charge in [-0.25, -0.2) is 13.8 Å². The van der Waals surface area contributed by atoms with Crippen LogP contribution in [0.3, 0.4) is 0 Å². The molecule has 1 saturated heterocycles. The predicted molar refractivity (Wildman–Crippen MR) is 176 cm³/mol. The maximum atomic E-state index is 13.9. The number of aromatic nitrogens is 1. The summed E-state index contributed by atoms with van der Waals surface area (Å²) in [6, 6.07) is 5.07. The largest absolute Gasteiger partial charge is 0.316 e. The van der Waals surface area contributed by atoms with Crippen LogP contribution in [0.5, 0.6) is 0 Å². The van der Waals surface area contributed by atoms with Crippen molar-refractivity contribution in [3.8, 4) is 10.4 Å². The quantitative estimate of drug-likeness (QED) is 0.188. The molecule has 1 aliphatic carbocycles. The molecule has 230 valence electrons. The summed E-state index contributed by atoms with van der Waals surface area (Å²) in [4.78, 5) is 32.4. The third-order valence-corrected chi connectivity index (χ3v) is 9.85. The first-order valence-electron chi connectivity index (χ1n) is 13.9. The molecule has 2 aliphatic rings. The zero-order chi connectivity index (χ0) is 31.2. The summed E-state index contributed by atoms with van der Waals surface area (Å²) in [6.45, 7) is 11.5. The molecule has 1 aromatic carbocycles. The number of halogens is 2. The molecule has 41 heavy (non-hydrogen) atoms. The van der Waals surface area contributed by atoms with Crippen molar-refractivity contribution in [3.05, 3.63) is 40.8 Å². The van der Waals surface area contributed by atoms with Crippen LogP contribution < -0.4 is 5.32 Å². The Morgan fingerprint density at radius 3 is 2.41 bits per heavy atom. The Bertz CT molecular complexity index is 1130. The van der Waals surface area contributed by atoms with Gasteiger partial charge in [-0.1, -0.05) is 35.2 Å². The summed E-state index contributed by atoms with van der Waals surface area (Å²) in [7, 11) is 6.16. The first-order valence-corrected chi connectivity index (χ1v) is 16.6. The summed E-state index contributed by atoms with van der Waals surface area (Å²) in [5.74, 6) is -0.180. The molecule has 2 heterocycles. The average molecular weight is 629 g/mol. The van der Waals surface area contributed by atoms with E-state index >= 15 is 0 Å². The van der Waals surface area contributed by atoms with Crippen LogP contribution in [-0.4, -0.2) is 77.3 Å². The van der Waals surface area contributed by atoms with Crippen LogP contribution in [0.2, 0.25) is 0 Å². The molecule has 1 N–H and O–H groups in total. The lowest BCUT2D eigenvalue weighted by Gasteiger charge is -2.26. The van der Waals surface area contributed by atoms with Crippen molar-refractivity contribution >= 4 is 50.4 Å². The highest BCUT2D eigenvalue weighted by atomic mass is 32.2. The molecule has 1 aromatic heterocycles. The van der Waals surface area contributed by atoms with Crippen molar-refractivity contribution in [3.63, 3.8) is 0 Å². The van der Waals surface area contributed by atoms with Crippen LogP contribution in [0.15, 0.2) is 28.7 Å². The topological polar surface area (TPSA) is 74.7 Å². The summed E-state index contributed by atoms with van der Waals surface area (Å²) < 4.78 is 27.2. The number of nitrogens with one attached hydrogen (secondary N) is 1. The molecule has 1 aliphatic heterocycles. The highest BCUT2D eigenvalue weighted by Crippen LogP contribution is 2.44. The molecule has 2 aromatic rings. The number of nitrogens with zero attached hydrogens (tertiary/aromatic N) is 3. The number of carbonyl (C=O) groups is 2. The maximum absolute atomic E-state index is 13.9. The van der Waals surface area contributed by atoms with Gasteiger partial charge in [0.05, 0.1) is 27.6 Å². The lowest BCUT2D eigenvalue weighted by molar-refractivity contribution is -0.111. The maximum Gasteiger partial charge on any atom is 0.152 e. The van der Waals surface area contributed by atoms with Crippen molar-refractivity contribution in [2.24, 2.45) is 4.99 Å². The monoisotopic (exact) mass is 628 g/mol. The predicted octanol–water partition coefficient (Wildman–Crippen LogP) is 6.75. The number of thiazole rings is 1. The van der Waals surface area contributed by atoms with Gasteiger partial charge in [0.1, 0.15) is 24.4 Å². The minimum absolute atomic E-state index is 0.180. The van der Waals surface area contributed by atoms with E-state index in [-0.39, 0.29) is 16.6 Å². The summed E-state index contributed by atoms with van der Waals surface area (Å²) in [6.07, 6.45) is 7.05. The van der Waals surface area contributed by atoms with Gasteiger partial charge in [-0.15, -0.1) is 11.3 Å². The van der Waals surface area contributed by atoms with Gasteiger partial charge in [-0.2, -0.15) is 11.8 Å². The molecule has 0 bridgehead atoms. The van der Waals surface area contributed by atoms with E-state index in [1.54, 1.807) is 23.3 Å². The molecule has 11 heteroatoms. The van der Waals surface area contributed by atoms with Gasteiger partial charge in [0.25, 0.3) is 0 Å². The van der Waals surface area contributed by atoms with Crippen LogP contribution in [0.4, 0.5) is 8.78 Å². The zero-order valence-corrected chi connectivity index (χ0v) is 28.5. The number of likely N-dealkylation sites (N-methyl/N-ethyl adjacent to an activating group) is 1. The van der Waals surface area contributed by atoms with E-state index in [2.05, 4.69) is 29.4 Å². The smallest absolute Gasteiger partial charge is 0.152 e. The summed E-state index contributed by atoms with van der Waals surface area (Å²) in [5.41, 5.74) is 3.35. The Morgan fingerprint density at radius 2 is 2.02 bits per heavy atom. The molecular formula is C30H47F2N4O2PS2. The minimum Gasteiger partial charge on any atom is -0.316 e. The standard InChI is InChI=1S/C12H13FN2S.C10H17FNOPS.C6H11NO.C2H6/c1-8-12(16-7-15-8)10-4-3-9(6-14-2)5-11(10)13;1-9(2,15-3)7(6-13)12-8(14)10(11)4-5-10;1-7-4-2-3-6(7)5-8;1-2/h3-5,7,14H,6H2,1-2H3;6-7H,4-5,14H2,1-3H3;5-6H,2-4H2,1H3;1-2H3. The van der Waals surface area contributed by atoms with Gasteiger partial charge in [-0.3, -0.25) is 9.89 Å². The number of alkyl halides is 1. The third kappa shape index (κ3) is 11.6. The number of hydrogen-bond acceptors (Lipinski definition) is 8. The lowest BCUT2D eigenvalue weighted by Crippen LogP contribution is -2.34. The van der Waals surface area contributed by atoms with E-state index in [1.165, 1.54) is 17.8 Å². The van der Waals surface area contributed by atoms with Gasteiger partial charge in [-0.05, 0) is 85.0 Å². The van der Waals surface area contributed by atoms with E-state index in [0.717, 1.165) is 41.7 Å². The molecule has 6 nitrogen and oxygen atoms in total. The number of rotatable bonds is 9. The highest BCUT2D eigenvalue weighted by Gasteiger charge is 2.47. The number of likely N-dealkylation sites (tertiary alicyclic amines) is 1. The minimum atomic E-state index is -1.25. The van der Waals surface area contributed by atoms with Crippen LogP contribution in [0.25, 0.3) is 10.4 Å². The Morgan fingerprint density at radius 1 is 1.37 bits per heavy atom. The van der Waals surface area contributed by atoms with Gasteiger partial charge in [0, 0.05) is 16.9 Å². The van der Waals surface area contributed by atoms with E-state index in [1.807, 2.05) is 67.1 Å². The first kappa shape index (κ1) is 37.4. The Hall–Kier alpha value is -1.58. The van der Waals surface area contributed by atoms with Gasteiger partial charge in [0.2, 0.25) is 0 Å². The number of hydrogen-bond donors (Lipinski definition) is 1. The van der Waals surface area contributed by atoms with Gasteiger partial charge >= 0.3 is 0 Å². The van der Waals surface area contributed by atoms with Crippen molar-refractivity contribution < 1.29 is 18.4 Å². The highest BCUT2D eigenvalue weighted by molar-refractivity contribution is 8.00. The molecule has 0 radical (unpaired) electrons. The molecule has 3 unspecified atom stereocenters. The van der Waals surface area contributed by atoms with Crippen molar-refractivity contribution in [1.82, 2.24) is 15.2 Å². The Kier molecular flexibility index (Phi) is 16.6. The second-order valence-corrected chi connectivity index (χ2v) is 13.2. The summed E-state index contributed by atoms with van der Waals surface area (Å²) >= 11 is 3.03. The van der Waals surface area contributed by atoms with Crippen molar-refractivity contribution in [2.75, 3.05) is 26.9 Å². The van der Waals surface area contributed by atoms with Crippen LogP contribution in [0.1, 0.15) is 64.6 Å². The van der Waals surface area contributed by atoms with Gasteiger partial charge in [0.15, 0.2) is 5.67 Å². The first-order chi connectivity index (χ1) is 19.4. The molecule has 0 amide bonds. The van der Waals surface area contributed by atoms with Gasteiger partial charge < -0.3 is 14.9 Å². The number of benzene rings is 1. The normalized spacial score (nSPS) is 18.5. The van der Waals surface area contributed by atoms with E-state index in [0.29, 0.717) is 30.4 Å². The molecule has 3 atom stereocenters. The number of aryl methyl sites for hydroxylation is 1. The Balaban J connectivity index is 0.000000313. The third-order valence-electron chi connectivity index (χ3n) is 6.93. The summed E-state index contributed by atoms with van der Waals surface area (Å²) in [5, 5.41) is 3.00. The SMILES string of the molecule is CC.CN1CCCC1C=O.CNCc1ccc(-c2scnc2C)c(F)c1.CSC(C)(C)C(C=O)N=C(P)C1(F)CC1. The van der Waals surface area contributed by atoms with Crippen molar-refractivity contribution in [2.45, 2.75) is 89.3 Å². The number of aliphatic imine (C=N–C) groups is 1. The lowest BCUT2D eigenvalue weighted by atomic mass is 10.1. The molecule has 1 saturated carbocycles. The molecular weight excluding hydrogens is 581 g/mol. The van der Waals surface area contributed by atoms with Crippen LogP contribution >= 0.6 is 32.3 Å². The average Bonchev–Trinajstić information content (AvgIpc) is 3.35. The van der Waals surface area contributed by atoms with E-state index in [4.69, 9.17) is 0 Å². The fraction of sp³-hybridized carbons (Fsp3) is 0.600. The second-order valence-electron chi connectivity index (χ2n) is 10.3. The van der Waals surface area contributed by atoms with Crippen molar-refractivity contribution in [1.29, 1.82) is 0 Å². The van der Waals surface area contributed by atoms with Crippen LogP contribution in [-0.2, 0) is 16.1 Å². The second kappa shape index (κ2) is 18.2. The fourth-order valence-electron chi connectivity index (χ4n) is 3.83. The number of carbonyl (C=O) groups excluding carboxylic acids is 2. The molecule has 0 spiro atoms. The van der Waals surface area contributed by atoms with E-state index in [9.17, 15) is 18.4 Å². The zero-order valence-electron chi connectivity index (χ0n) is 25.7. The molecule has 2 fully saturated rings. The number of aldehydes is 2. The Labute approximate surface area is 255 Å². The van der Waals surface area contributed by atoms with E-state index < -0.39 is 11.7 Å².